The SMILES string of the molecule is O=C(O)c1nc(Nc2cc(Cl)ccc2Cl)ccc1Cl. The molecule has 0 fully saturated rings. The van der Waals surface area contributed by atoms with Crippen LogP contribution in [0.5, 0.6) is 0 Å². The molecule has 4 nitrogen and oxygen atoms in total. The van der Waals surface area contributed by atoms with Crippen LogP contribution in [0.15, 0.2) is 30.3 Å². The van der Waals surface area contributed by atoms with Gasteiger partial charge in [-0.25, -0.2) is 9.78 Å². The number of hydrogen-bond donors (Lipinski definition) is 2. The Morgan fingerprint density at radius 1 is 1.11 bits per heavy atom. The van der Waals surface area contributed by atoms with Crippen molar-refractivity contribution in [3.63, 3.8) is 0 Å². The van der Waals surface area contributed by atoms with Gasteiger partial charge in [-0.3, -0.25) is 0 Å². The molecule has 19 heavy (non-hydrogen) atoms. The Hall–Kier alpha value is -1.49. The Morgan fingerprint density at radius 3 is 2.47 bits per heavy atom. The van der Waals surface area contributed by atoms with E-state index in [1.807, 2.05) is 0 Å². The van der Waals surface area contributed by atoms with Gasteiger partial charge in [0.1, 0.15) is 5.82 Å². The first-order chi connectivity index (χ1) is 8.97. The number of halogens is 3. The number of hydrogen-bond acceptors (Lipinski definition) is 3. The lowest BCUT2D eigenvalue weighted by atomic mass is 10.3. The zero-order chi connectivity index (χ0) is 14.0. The van der Waals surface area contributed by atoms with Gasteiger partial charge in [-0.2, -0.15) is 0 Å². The fourth-order valence-corrected chi connectivity index (χ4v) is 1.92. The zero-order valence-corrected chi connectivity index (χ0v) is 11.6. The standard InChI is InChI=1S/C12H7Cl3N2O2/c13-6-1-2-7(14)9(5-6)16-10-4-3-8(15)11(17-10)12(18)19/h1-5H,(H,16,17)(H,18,19). The second-order valence-corrected chi connectivity index (χ2v) is 4.83. The van der Waals surface area contributed by atoms with Gasteiger partial charge in [-0.1, -0.05) is 34.8 Å². The molecular formula is C12H7Cl3N2O2. The van der Waals surface area contributed by atoms with Crippen LogP contribution < -0.4 is 5.32 Å². The zero-order valence-electron chi connectivity index (χ0n) is 9.32. The molecular weight excluding hydrogens is 311 g/mol. The van der Waals surface area contributed by atoms with Gasteiger partial charge in [0.15, 0.2) is 5.69 Å². The molecule has 0 amide bonds. The Balaban J connectivity index is 2.36. The first-order valence-corrected chi connectivity index (χ1v) is 6.22. The Morgan fingerprint density at radius 2 is 1.79 bits per heavy atom. The van der Waals surface area contributed by atoms with Gasteiger partial charge in [0.2, 0.25) is 0 Å². The number of rotatable bonds is 3. The summed E-state index contributed by atoms with van der Waals surface area (Å²) in [5, 5.41) is 12.8. The number of nitrogens with one attached hydrogen (secondary N) is 1. The second-order valence-electron chi connectivity index (χ2n) is 3.58. The van der Waals surface area contributed by atoms with Crippen LogP contribution in [-0.4, -0.2) is 16.1 Å². The smallest absolute Gasteiger partial charge is 0.356 e. The predicted molar refractivity (Wildman–Crippen MR) is 76.0 cm³/mol. The lowest BCUT2D eigenvalue weighted by Gasteiger charge is -2.09. The minimum Gasteiger partial charge on any atom is -0.476 e. The monoisotopic (exact) mass is 316 g/mol. The molecule has 0 atom stereocenters. The summed E-state index contributed by atoms with van der Waals surface area (Å²) >= 11 is 17.6. The molecule has 2 N–H and O–H groups in total. The number of aromatic nitrogens is 1. The van der Waals surface area contributed by atoms with Gasteiger partial charge in [0, 0.05) is 5.02 Å². The van der Waals surface area contributed by atoms with E-state index in [9.17, 15) is 4.79 Å². The molecule has 2 aromatic rings. The van der Waals surface area contributed by atoms with Crippen LogP contribution >= 0.6 is 34.8 Å². The number of pyridine rings is 1. The van der Waals surface area contributed by atoms with Gasteiger partial charge in [0.05, 0.1) is 15.7 Å². The van der Waals surface area contributed by atoms with Crippen LogP contribution in [0.25, 0.3) is 0 Å². The molecule has 0 aliphatic rings. The van der Waals surface area contributed by atoms with Crippen molar-refractivity contribution >= 4 is 52.3 Å². The van der Waals surface area contributed by atoms with Crippen molar-refractivity contribution in [2.75, 3.05) is 5.32 Å². The first-order valence-electron chi connectivity index (χ1n) is 5.09. The minimum absolute atomic E-state index is 0.0650. The van der Waals surface area contributed by atoms with Gasteiger partial charge in [-0.05, 0) is 30.3 Å². The van der Waals surface area contributed by atoms with Crippen LogP contribution in [-0.2, 0) is 0 Å². The molecule has 0 spiro atoms. The lowest BCUT2D eigenvalue weighted by molar-refractivity contribution is 0.0691. The molecule has 0 aliphatic carbocycles. The summed E-state index contributed by atoms with van der Waals surface area (Å²) in [6.07, 6.45) is 0. The maximum Gasteiger partial charge on any atom is 0.356 e. The number of carboxylic acid groups (broad SMARTS) is 1. The highest BCUT2D eigenvalue weighted by atomic mass is 35.5. The highest BCUT2D eigenvalue weighted by Crippen LogP contribution is 2.28. The maximum absolute atomic E-state index is 10.9. The topological polar surface area (TPSA) is 62.2 Å². The number of aromatic carboxylic acids is 1. The molecule has 1 aromatic carbocycles. The summed E-state index contributed by atoms with van der Waals surface area (Å²) in [6.45, 7) is 0. The molecule has 0 aliphatic heterocycles. The van der Waals surface area contributed by atoms with E-state index in [0.717, 1.165) is 0 Å². The van der Waals surface area contributed by atoms with E-state index in [2.05, 4.69) is 10.3 Å². The van der Waals surface area contributed by atoms with Crippen molar-refractivity contribution in [2.45, 2.75) is 0 Å². The largest absolute Gasteiger partial charge is 0.476 e. The van der Waals surface area contributed by atoms with Crippen molar-refractivity contribution in [1.29, 1.82) is 0 Å². The summed E-state index contributed by atoms with van der Waals surface area (Å²) in [5.74, 6) is -0.892. The molecule has 0 bridgehead atoms. The van der Waals surface area contributed by atoms with E-state index in [1.165, 1.54) is 6.07 Å². The van der Waals surface area contributed by atoms with Crippen molar-refractivity contribution in [3.8, 4) is 0 Å². The molecule has 0 radical (unpaired) electrons. The highest BCUT2D eigenvalue weighted by Gasteiger charge is 2.12. The normalized spacial score (nSPS) is 10.3. The van der Waals surface area contributed by atoms with Crippen LogP contribution in [0.3, 0.4) is 0 Å². The number of benzene rings is 1. The van der Waals surface area contributed by atoms with E-state index >= 15 is 0 Å². The summed E-state index contributed by atoms with van der Waals surface area (Å²) in [4.78, 5) is 14.8. The molecule has 0 unspecified atom stereocenters. The summed E-state index contributed by atoms with van der Waals surface area (Å²) < 4.78 is 0. The molecule has 1 aromatic heterocycles. The van der Waals surface area contributed by atoms with Gasteiger partial charge >= 0.3 is 5.97 Å². The van der Waals surface area contributed by atoms with Crippen molar-refractivity contribution in [3.05, 3.63) is 51.1 Å². The fourth-order valence-electron chi connectivity index (χ4n) is 1.39. The minimum atomic E-state index is -1.20. The quantitative estimate of drug-likeness (QED) is 0.876. The molecule has 7 heteroatoms. The van der Waals surface area contributed by atoms with Crippen LogP contribution in [0.4, 0.5) is 11.5 Å². The summed E-state index contributed by atoms with van der Waals surface area (Å²) in [7, 11) is 0. The predicted octanol–water partition coefficient (Wildman–Crippen LogP) is 4.48. The van der Waals surface area contributed by atoms with Gasteiger partial charge in [-0.15, -0.1) is 0 Å². The molecule has 0 saturated heterocycles. The number of nitrogens with zero attached hydrogens (tertiary/aromatic N) is 1. The van der Waals surface area contributed by atoms with E-state index < -0.39 is 5.97 Å². The number of carboxylic acids is 1. The molecule has 98 valence electrons. The summed E-state index contributed by atoms with van der Waals surface area (Å²) in [6, 6.07) is 7.87. The Kier molecular flexibility index (Phi) is 4.14. The average Bonchev–Trinajstić information content (AvgIpc) is 2.36. The van der Waals surface area contributed by atoms with E-state index in [4.69, 9.17) is 39.9 Å². The summed E-state index contributed by atoms with van der Waals surface area (Å²) in [5.41, 5.74) is 0.296. The number of anilines is 2. The Bertz CT molecular complexity index is 647. The van der Waals surface area contributed by atoms with Gasteiger partial charge < -0.3 is 10.4 Å². The fraction of sp³-hybridized carbons (Fsp3) is 0. The highest BCUT2D eigenvalue weighted by molar-refractivity contribution is 6.35. The average molecular weight is 318 g/mol. The molecule has 2 rings (SSSR count). The molecule has 1 heterocycles. The van der Waals surface area contributed by atoms with Crippen molar-refractivity contribution < 1.29 is 9.90 Å². The van der Waals surface area contributed by atoms with E-state index in [-0.39, 0.29) is 10.7 Å². The third kappa shape index (κ3) is 3.29. The lowest BCUT2D eigenvalue weighted by Crippen LogP contribution is -2.04. The third-order valence-electron chi connectivity index (χ3n) is 2.24. The molecule has 0 saturated carbocycles. The third-order valence-corrected chi connectivity index (χ3v) is 3.11. The van der Waals surface area contributed by atoms with E-state index in [0.29, 0.717) is 21.6 Å². The second kappa shape index (κ2) is 5.65. The Labute approximate surface area is 123 Å². The van der Waals surface area contributed by atoms with Crippen LogP contribution in [0, 0.1) is 0 Å². The van der Waals surface area contributed by atoms with Gasteiger partial charge in [0.25, 0.3) is 0 Å². The number of carbonyl (C=O) groups is 1. The van der Waals surface area contributed by atoms with E-state index in [1.54, 1.807) is 24.3 Å². The van der Waals surface area contributed by atoms with Crippen LogP contribution in [0.1, 0.15) is 10.5 Å². The van der Waals surface area contributed by atoms with Crippen molar-refractivity contribution in [2.24, 2.45) is 0 Å². The first kappa shape index (κ1) is 13.9. The van der Waals surface area contributed by atoms with Crippen molar-refractivity contribution in [1.82, 2.24) is 4.98 Å². The maximum atomic E-state index is 10.9. The van der Waals surface area contributed by atoms with Crippen LogP contribution in [0.2, 0.25) is 15.1 Å².